The summed E-state index contributed by atoms with van der Waals surface area (Å²) < 4.78 is 7.94. The average Bonchev–Trinajstić information content (AvgIpc) is 3.32. The van der Waals surface area contributed by atoms with Gasteiger partial charge in [-0.25, -0.2) is 4.98 Å². The predicted molar refractivity (Wildman–Crippen MR) is 95.9 cm³/mol. The van der Waals surface area contributed by atoms with E-state index in [1.807, 2.05) is 36.1 Å². The molecule has 26 heavy (non-hydrogen) atoms. The Morgan fingerprint density at radius 2 is 2.15 bits per heavy atom. The number of hydrogen-bond donors (Lipinski definition) is 2. The van der Waals surface area contributed by atoms with Crippen molar-refractivity contribution in [2.75, 3.05) is 13.2 Å². The molecule has 1 fully saturated rings. The molecule has 0 amide bonds. The van der Waals surface area contributed by atoms with Gasteiger partial charge in [0.15, 0.2) is 5.82 Å². The number of aromatic nitrogens is 6. The normalized spacial score (nSPS) is 20.3. The van der Waals surface area contributed by atoms with Gasteiger partial charge in [0.2, 0.25) is 0 Å². The Kier molecular flexibility index (Phi) is 5.03. The predicted octanol–water partition coefficient (Wildman–Crippen LogP) is 1.86. The van der Waals surface area contributed by atoms with Gasteiger partial charge in [0.05, 0.1) is 12.2 Å². The number of nitrogens with zero attached hydrogens (tertiary/aromatic N) is 5. The Balaban J connectivity index is 1.35. The highest BCUT2D eigenvalue weighted by Crippen LogP contribution is 2.32. The lowest BCUT2D eigenvalue weighted by Gasteiger charge is -2.32. The molecule has 1 saturated heterocycles. The molecule has 8 heteroatoms. The molecule has 0 spiro atoms. The summed E-state index contributed by atoms with van der Waals surface area (Å²) in [6.45, 7) is 2.32. The fourth-order valence-electron chi connectivity index (χ4n) is 3.42. The highest BCUT2D eigenvalue weighted by atomic mass is 16.5. The van der Waals surface area contributed by atoms with E-state index in [2.05, 4.69) is 30.6 Å². The number of aryl methyl sites for hydroxylation is 1. The van der Waals surface area contributed by atoms with Crippen LogP contribution in [0.5, 0.6) is 0 Å². The van der Waals surface area contributed by atoms with E-state index in [0.29, 0.717) is 18.3 Å². The second-order valence-corrected chi connectivity index (χ2v) is 6.55. The van der Waals surface area contributed by atoms with Crippen LogP contribution in [0.3, 0.4) is 0 Å². The first-order chi connectivity index (χ1) is 12.8. The molecule has 2 N–H and O–H groups in total. The molecule has 136 valence electrons. The van der Waals surface area contributed by atoms with Crippen LogP contribution in [0.15, 0.2) is 36.8 Å². The van der Waals surface area contributed by atoms with Crippen molar-refractivity contribution in [1.29, 1.82) is 0 Å². The molecule has 0 aromatic carbocycles. The van der Waals surface area contributed by atoms with E-state index in [-0.39, 0.29) is 6.10 Å². The van der Waals surface area contributed by atoms with Crippen LogP contribution in [0.2, 0.25) is 0 Å². The van der Waals surface area contributed by atoms with Crippen LogP contribution in [-0.2, 0) is 18.3 Å². The molecule has 1 aliphatic rings. The van der Waals surface area contributed by atoms with Gasteiger partial charge in [0.1, 0.15) is 11.9 Å². The second kappa shape index (κ2) is 7.76. The van der Waals surface area contributed by atoms with Gasteiger partial charge < -0.3 is 10.1 Å². The van der Waals surface area contributed by atoms with E-state index < -0.39 is 0 Å². The van der Waals surface area contributed by atoms with Crippen molar-refractivity contribution >= 4 is 0 Å². The van der Waals surface area contributed by atoms with Gasteiger partial charge in [0.25, 0.3) is 0 Å². The maximum Gasteiger partial charge on any atom is 0.181 e. The molecule has 2 atom stereocenters. The average molecular weight is 353 g/mol. The molecule has 8 nitrogen and oxygen atoms in total. The van der Waals surface area contributed by atoms with Crippen molar-refractivity contribution in [2.24, 2.45) is 13.0 Å². The minimum absolute atomic E-state index is 0.0888. The Morgan fingerprint density at radius 3 is 2.96 bits per heavy atom. The van der Waals surface area contributed by atoms with Crippen molar-refractivity contribution in [3.8, 4) is 11.4 Å². The Morgan fingerprint density at radius 1 is 1.27 bits per heavy atom. The Bertz CT molecular complexity index is 829. The lowest BCUT2D eigenvalue weighted by molar-refractivity contribution is -0.0323. The van der Waals surface area contributed by atoms with Gasteiger partial charge >= 0.3 is 0 Å². The van der Waals surface area contributed by atoms with E-state index in [0.717, 1.165) is 43.1 Å². The zero-order chi connectivity index (χ0) is 17.8. The minimum atomic E-state index is 0.0888. The molecule has 1 aliphatic heterocycles. The summed E-state index contributed by atoms with van der Waals surface area (Å²) in [5.74, 6) is 1.94. The zero-order valence-electron chi connectivity index (χ0n) is 14.8. The fraction of sp³-hybridized carbons (Fsp3) is 0.444. The van der Waals surface area contributed by atoms with E-state index in [1.54, 1.807) is 12.4 Å². The molecular weight excluding hydrogens is 330 g/mol. The van der Waals surface area contributed by atoms with Crippen LogP contribution in [0.25, 0.3) is 11.4 Å². The maximum absolute atomic E-state index is 6.04. The molecule has 3 aromatic rings. The third-order valence-electron chi connectivity index (χ3n) is 4.76. The first kappa shape index (κ1) is 16.9. The van der Waals surface area contributed by atoms with E-state index in [9.17, 15) is 0 Å². The number of pyridine rings is 1. The summed E-state index contributed by atoms with van der Waals surface area (Å²) in [6.07, 6.45) is 7.63. The number of aromatic amines is 1. The third-order valence-corrected chi connectivity index (χ3v) is 4.76. The van der Waals surface area contributed by atoms with Gasteiger partial charge in [-0.05, 0) is 31.0 Å². The highest BCUT2D eigenvalue weighted by Gasteiger charge is 2.29. The summed E-state index contributed by atoms with van der Waals surface area (Å²) >= 11 is 0. The van der Waals surface area contributed by atoms with E-state index >= 15 is 0 Å². The molecular formula is C18H23N7O. The molecule has 4 heterocycles. The van der Waals surface area contributed by atoms with E-state index in [1.165, 1.54) is 0 Å². The molecule has 0 radical (unpaired) electrons. The Labute approximate surface area is 152 Å². The van der Waals surface area contributed by atoms with E-state index in [4.69, 9.17) is 4.74 Å². The summed E-state index contributed by atoms with van der Waals surface area (Å²) in [6, 6.07) is 5.84. The zero-order valence-corrected chi connectivity index (χ0v) is 14.8. The highest BCUT2D eigenvalue weighted by molar-refractivity contribution is 5.52. The first-order valence-electron chi connectivity index (χ1n) is 8.93. The van der Waals surface area contributed by atoms with Crippen molar-refractivity contribution in [3.05, 3.63) is 48.3 Å². The van der Waals surface area contributed by atoms with Crippen LogP contribution in [-0.4, -0.2) is 43.1 Å². The number of nitrogens with one attached hydrogen (secondary N) is 2. The number of hydrogen-bond acceptors (Lipinski definition) is 6. The fourth-order valence-corrected chi connectivity index (χ4v) is 3.42. The monoisotopic (exact) mass is 353 g/mol. The number of H-pyrrole nitrogens is 1. The largest absolute Gasteiger partial charge is 0.372 e. The molecule has 0 saturated carbocycles. The smallest absolute Gasteiger partial charge is 0.181 e. The van der Waals surface area contributed by atoms with Gasteiger partial charge in [0, 0.05) is 50.3 Å². The summed E-state index contributed by atoms with van der Waals surface area (Å²) in [5.41, 5.74) is 2.09. The summed E-state index contributed by atoms with van der Waals surface area (Å²) in [4.78, 5) is 8.56. The van der Waals surface area contributed by atoms with Crippen molar-refractivity contribution < 1.29 is 4.74 Å². The third kappa shape index (κ3) is 3.66. The van der Waals surface area contributed by atoms with Gasteiger partial charge in [-0.15, -0.1) is 0 Å². The summed E-state index contributed by atoms with van der Waals surface area (Å²) in [5, 5.41) is 15.0. The van der Waals surface area contributed by atoms with Gasteiger partial charge in [-0.3, -0.25) is 14.8 Å². The van der Waals surface area contributed by atoms with Crippen molar-refractivity contribution in [3.63, 3.8) is 0 Å². The SMILES string of the molecule is Cn1nccc1[C@@H]1OCCC[C@H]1CNCc1nc(-c2ccncc2)n[nH]1. The topological polar surface area (TPSA) is 93.5 Å². The lowest BCUT2D eigenvalue weighted by atomic mass is 9.92. The lowest BCUT2D eigenvalue weighted by Crippen LogP contribution is -2.32. The van der Waals surface area contributed by atoms with Gasteiger partial charge in [-0.2, -0.15) is 10.2 Å². The minimum Gasteiger partial charge on any atom is -0.372 e. The van der Waals surface area contributed by atoms with Crippen LogP contribution < -0.4 is 5.32 Å². The summed E-state index contributed by atoms with van der Waals surface area (Å²) in [7, 11) is 1.97. The number of rotatable bonds is 6. The van der Waals surface area contributed by atoms with Crippen LogP contribution in [0.4, 0.5) is 0 Å². The van der Waals surface area contributed by atoms with Crippen LogP contribution in [0, 0.1) is 5.92 Å². The first-order valence-corrected chi connectivity index (χ1v) is 8.93. The second-order valence-electron chi connectivity index (χ2n) is 6.55. The van der Waals surface area contributed by atoms with Crippen LogP contribution >= 0.6 is 0 Å². The molecule has 4 rings (SSSR count). The van der Waals surface area contributed by atoms with Crippen molar-refractivity contribution in [1.82, 2.24) is 35.3 Å². The molecule has 3 aromatic heterocycles. The van der Waals surface area contributed by atoms with Crippen molar-refractivity contribution in [2.45, 2.75) is 25.5 Å². The standard InChI is InChI=1S/C18H23N7O/c1-25-15(6-9-21-25)17-14(3-2-10-26-17)11-20-12-16-22-18(24-23-16)13-4-7-19-8-5-13/h4-9,14,17,20H,2-3,10-12H2,1H3,(H,22,23,24)/t14-,17+/m0/s1. The molecule has 0 bridgehead atoms. The van der Waals surface area contributed by atoms with Crippen LogP contribution in [0.1, 0.15) is 30.5 Å². The maximum atomic E-state index is 6.04. The molecule has 0 unspecified atom stereocenters. The molecule has 0 aliphatic carbocycles. The number of ether oxygens (including phenoxy) is 1. The quantitative estimate of drug-likeness (QED) is 0.702. The van der Waals surface area contributed by atoms with Gasteiger partial charge in [-0.1, -0.05) is 0 Å². The Hall–Kier alpha value is -2.58.